The van der Waals surface area contributed by atoms with Crippen molar-refractivity contribution in [1.82, 2.24) is 15.3 Å². The van der Waals surface area contributed by atoms with Crippen LogP contribution in [0.4, 0.5) is 11.6 Å². The number of amides is 1. The zero-order valence-corrected chi connectivity index (χ0v) is 16.9. The maximum Gasteiger partial charge on any atom is 0.280 e. The van der Waals surface area contributed by atoms with E-state index in [0.29, 0.717) is 18.3 Å². The van der Waals surface area contributed by atoms with Crippen molar-refractivity contribution in [3.8, 4) is 0 Å². The number of aromatic nitrogens is 2. The number of anilines is 2. The van der Waals surface area contributed by atoms with E-state index in [9.17, 15) is 4.79 Å². The van der Waals surface area contributed by atoms with Crippen LogP contribution in [0.2, 0.25) is 0 Å². The molecule has 2 rings (SSSR count). The first-order valence-electron chi connectivity index (χ1n) is 10.0. The van der Waals surface area contributed by atoms with Gasteiger partial charge in [-0.1, -0.05) is 12.8 Å². The zero-order chi connectivity index (χ0) is 20.5. The van der Waals surface area contributed by atoms with Crippen LogP contribution in [0.25, 0.3) is 0 Å². The van der Waals surface area contributed by atoms with Crippen molar-refractivity contribution >= 4 is 23.5 Å². The molecule has 28 heavy (non-hydrogen) atoms. The largest absolute Gasteiger partial charge is 0.382 e. The highest BCUT2D eigenvalue weighted by atomic mass is 16.5. The number of ether oxygens (including phenoxy) is 1. The first-order chi connectivity index (χ1) is 13.4. The number of guanidine groups is 1. The molecule has 0 saturated heterocycles. The number of rotatable bonds is 8. The highest BCUT2D eigenvalue weighted by molar-refractivity contribution is 6.06. The fourth-order valence-corrected chi connectivity index (χ4v) is 3.50. The maximum atomic E-state index is 12.2. The highest BCUT2D eigenvalue weighted by Gasteiger charge is 2.20. The van der Waals surface area contributed by atoms with E-state index in [4.69, 9.17) is 21.9 Å². The van der Waals surface area contributed by atoms with Crippen LogP contribution in [0.5, 0.6) is 0 Å². The Morgan fingerprint density at radius 3 is 2.57 bits per heavy atom. The summed E-state index contributed by atoms with van der Waals surface area (Å²) in [7, 11) is 0. The molecule has 0 aliphatic heterocycles. The molecule has 0 radical (unpaired) electrons. The number of carbonyl (C=O) groups excluding carboxylic acids is 1. The molecule has 9 nitrogen and oxygen atoms in total. The Kier molecular flexibility index (Phi) is 8.43. The molecule has 7 N–H and O–H groups in total. The predicted molar refractivity (Wildman–Crippen MR) is 111 cm³/mol. The fraction of sp³-hybridized carbons (Fsp3) is 0.684. The van der Waals surface area contributed by atoms with Crippen LogP contribution in [0.3, 0.4) is 0 Å². The minimum Gasteiger partial charge on any atom is -0.382 e. The van der Waals surface area contributed by atoms with E-state index in [0.717, 1.165) is 25.4 Å². The molecule has 0 bridgehead atoms. The van der Waals surface area contributed by atoms with Gasteiger partial charge in [0.1, 0.15) is 5.82 Å². The van der Waals surface area contributed by atoms with Crippen LogP contribution in [-0.2, 0) is 4.74 Å². The molecule has 156 valence electrons. The number of nitrogen functional groups attached to an aromatic ring is 2. The number of carbonyl (C=O) groups is 1. The summed E-state index contributed by atoms with van der Waals surface area (Å²) in [4.78, 5) is 24.4. The molecule has 9 heteroatoms. The molecule has 1 heterocycles. The molecule has 1 saturated carbocycles. The molecule has 1 aromatic rings. The van der Waals surface area contributed by atoms with Crippen molar-refractivity contribution in [2.24, 2.45) is 16.6 Å². The van der Waals surface area contributed by atoms with Crippen LogP contribution in [-0.4, -0.2) is 41.1 Å². The molecule has 0 aromatic carbocycles. The number of aliphatic imine (C=N–C) groups is 1. The summed E-state index contributed by atoms with van der Waals surface area (Å²) in [5.74, 6) is 0.459. The fourth-order valence-electron chi connectivity index (χ4n) is 3.50. The predicted octanol–water partition coefficient (Wildman–Crippen LogP) is 1.76. The van der Waals surface area contributed by atoms with E-state index in [-0.39, 0.29) is 23.3 Å². The normalized spacial score (nSPS) is 20.1. The SMILES string of the molecule is CCOC1CCC(CCCCN=C(N)NC(=O)c2nc(C)c(N)nc2N)CC1. The second-order valence-corrected chi connectivity index (χ2v) is 7.24. The van der Waals surface area contributed by atoms with Crippen molar-refractivity contribution in [3.05, 3.63) is 11.4 Å². The summed E-state index contributed by atoms with van der Waals surface area (Å²) in [5.41, 5.74) is 17.5. The number of nitrogens with zero attached hydrogens (tertiary/aromatic N) is 3. The van der Waals surface area contributed by atoms with Gasteiger partial charge in [-0.2, -0.15) is 0 Å². The smallest absolute Gasteiger partial charge is 0.280 e. The number of hydrogen-bond donors (Lipinski definition) is 4. The van der Waals surface area contributed by atoms with E-state index in [1.807, 2.05) is 0 Å². The van der Waals surface area contributed by atoms with Gasteiger partial charge in [0, 0.05) is 13.2 Å². The Hall–Kier alpha value is -2.42. The lowest BCUT2D eigenvalue weighted by Gasteiger charge is -2.28. The third kappa shape index (κ3) is 6.63. The Morgan fingerprint density at radius 1 is 1.18 bits per heavy atom. The quantitative estimate of drug-likeness (QED) is 0.299. The number of unbranched alkanes of at least 4 members (excludes halogenated alkanes) is 1. The summed E-state index contributed by atoms with van der Waals surface area (Å²) >= 11 is 0. The lowest BCUT2D eigenvalue weighted by Crippen LogP contribution is -2.38. The van der Waals surface area contributed by atoms with Crippen LogP contribution in [0, 0.1) is 12.8 Å². The van der Waals surface area contributed by atoms with Crippen molar-refractivity contribution in [2.75, 3.05) is 24.6 Å². The average molecular weight is 392 g/mol. The second kappa shape index (κ2) is 10.8. The molecule has 1 aromatic heterocycles. The van der Waals surface area contributed by atoms with Crippen molar-refractivity contribution in [2.45, 2.75) is 64.9 Å². The number of aryl methyl sites for hydroxylation is 1. The molecule has 0 atom stereocenters. The van der Waals surface area contributed by atoms with Crippen molar-refractivity contribution < 1.29 is 9.53 Å². The average Bonchev–Trinajstić information content (AvgIpc) is 2.66. The van der Waals surface area contributed by atoms with Gasteiger partial charge in [-0.3, -0.25) is 15.1 Å². The summed E-state index contributed by atoms with van der Waals surface area (Å²) in [6.45, 7) is 5.09. The maximum absolute atomic E-state index is 12.2. The van der Waals surface area contributed by atoms with Crippen molar-refractivity contribution in [1.29, 1.82) is 0 Å². The van der Waals surface area contributed by atoms with Gasteiger partial charge in [-0.05, 0) is 51.9 Å². The van der Waals surface area contributed by atoms with Gasteiger partial charge in [0.25, 0.3) is 5.91 Å². The van der Waals surface area contributed by atoms with E-state index < -0.39 is 5.91 Å². The van der Waals surface area contributed by atoms with Gasteiger partial charge >= 0.3 is 0 Å². The summed E-state index contributed by atoms with van der Waals surface area (Å²) in [5, 5.41) is 2.49. The molecule has 1 aliphatic rings. The van der Waals surface area contributed by atoms with Crippen LogP contribution in [0.15, 0.2) is 4.99 Å². The van der Waals surface area contributed by atoms with E-state index in [2.05, 4.69) is 27.2 Å². The van der Waals surface area contributed by atoms with Crippen molar-refractivity contribution in [3.63, 3.8) is 0 Å². The molecule has 0 unspecified atom stereocenters. The first-order valence-corrected chi connectivity index (χ1v) is 10.0. The Bertz CT molecular complexity index is 685. The van der Waals surface area contributed by atoms with E-state index >= 15 is 0 Å². The van der Waals surface area contributed by atoms with Gasteiger partial charge < -0.3 is 21.9 Å². The zero-order valence-electron chi connectivity index (χ0n) is 16.9. The van der Waals surface area contributed by atoms with Gasteiger partial charge in [-0.25, -0.2) is 9.97 Å². The lowest BCUT2D eigenvalue weighted by molar-refractivity contribution is 0.0246. The lowest BCUT2D eigenvalue weighted by atomic mass is 9.84. The van der Waals surface area contributed by atoms with Gasteiger partial charge in [0.15, 0.2) is 17.5 Å². The van der Waals surface area contributed by atoms with Crippen LogP contribution in [0.1, 0.15) is 68.1 Å². The number of nitrogens with one attached hydrogen (secondary N) is 1. The topological polar surface area (TPSA) is 155 Å². The van der Waals surface area contributed by atoms with Gasteiger partial charge in [0.2, 0.25) is 0 Å². The molecule has 0 spiro atoms. The molecule has 1 amide bonds. The standard InChI is InChI=1S/C19H33N7O2/c1-3-28-14-9-7-13(8-10-14)6-4-5-11-23-19(22)26-18(27)15-17(21)25-16(20)12(2)24-15/h13-14H,3-11H2,1-2H3,(H4,20,21,25)(H3,22,23,26,27). The monoisotopic (exact) mass is 391 g/mol. The number of hydrogen-bond acceptors (Lipinski definition) is 7. The molecular weight excluding hydrogens is 358 g/mol. The Morgan fingerprint density at radius 2 is 1.89 bits per heavy atom. The summed E-state index contributed by atoms with van der Waals surface area (Å²) in [6.07, 6.45) is 8.54. The second-order valence-electron chi connectivity index (χ2n) is 7.24. The van der Waals surface area contributed by atoms with E-state index in [1.54, 1.807) is 6.92 Å². The highest BCUT2D eigenvalue weighted by Crippen LogP contribution is 2.29. The molecule has 1 fully saturated rings. The first kappa shape index (κ1) is 21.9. The summed E-state index contributed by atoms with van der Waals surface area (Å²) in [6, 6.07) is 0. The summed E-state index contributed by atoms with van der Waals surface area (Å²) < 4.78 is 5.70. The van der Waals surface area contributed by atoms with Gasteiger partial charge in [0.05, 0.1) is 11.8 Å². The minimum absolute atomic E-state index is 0.00694. The third-order valence-electron chi connectivity index (χ3n) is 5.09. The van der Waals surface area contributed by atoms with Gasteiger partial charge in [-0.15, -0.1) is 0 Å². The number of nitrogens with two attached hydrogens (primary N) is 3. The third-order valence-corrected chi connectivity index (χ3v) is 5.09. The Labute approximate surface area is 166 Å². The van der Waals surface area contributed by atoms with Crippen LogP contribution < -0.4 is 22.5 Å². The van der Waals surface area contributed by atoms with Crippen LogP contribution >= 0.6 is 0 Å². The molecule has 1 aliphatic carbocycles. The molecular formula is C19H33N7O2. The minimum atomic E-state index is -0.541. The van der Waals surface area contributed by atoms with E-state index in [1.165, 1.54) is 32.1 Å². The Balaban J connectivity index is 1.68.